The van der Waals surface area contributed by atoms with Crippen LogP contribution in [-0.2, 0) is 9.53 Å². The Labute approximate surface area is 179 Å². The van der Waals surface area contributed by atoms with Crippen LogP contribution in [0.3, 0.4) is 0 Å². The minimum absolute atomic E-state index is 0.0618. The molecule has 2 heterocycles. The summed E-state index contributed by atoms with van der Waals surface area (Å²) in [6.07, 6.45) is 5.78. The van der Waals surface area contributed by atoms with Crippen LogP contribution >= 0.6 is 0 Å². The van der Waals surface area contributed by atoms with Gasteiger partial charge >= 0.3 is 0 Å². The number of nitrogens with two attached hydrogens (primary N) is 1. The van der Waals surface area contributed by atoms with Crippen molar-refractivity contribution in [1.82, 2.24) is 15.2 Å². The number of nitrogens with one attached hydrogen (secondary N) is 1. The Morgan fingerprint density at radius 2 is 1.90 bits per heavy atom. The van der Waals surface area contributed by atoms with Gasteiger partial charge < -0.3 is 25.4 Å². The molecule has 1 saturated heterocycles. The smallest absolute Gasteiger partial charge is 0.255 e. The van der Waals surface area contributed by atoms with Gasteiger partial charge in [-0.3, -0.25) is 14.6 Å². The molecule has 30 heavy (non-hydrogen) atoms. The van der Waals surface area contributed by atoms with Crippen molar-refractivity contribution in [2.45, 2.75) is 71.1 Å². The molecule has 8 nitrogen and oxygen atoms in total. The number of hydrogen-bond acceptors (Lipinski definition) is 6. The third-order valence-corrected chi connectivity index (χ3v) is 5.11. The van der Waals surface area contributed by atoms with Crippen LogP contribution in [-0.4, -0.2) is 65.2 Å². The Kier molecular flexibility index (Phi) is 8.20. The summed E-state index contributed by atoms with van der Waals surface area (Å²) in [7, 11) is 0. The minimum atomic E-state index is -0.694. The molecule has 1 aromatic heterocycles. The molecule has 0 aliphatic carbocycles. The van der Waals surface area contributed by atoms with Gasteiger partial charge in [-0.25, -0.2) is 0 Å². The van der Waals surface area contributed by atoms with Gasteiger partial charge in [-0.1, -0.05) is 0 Å². The fraction of sp³-hybridized carbons (Fsp3) is 0.682. The summed E-state index contributed by atoms with van der Waals surface area (Å²) in [5.41, 5.74) is 4.92. The first kappa shape index (κ1) is 24.1. The van der Waals surface area contributed by atoms with Crippen molar-refractivity contribution in [3.63, 3.8) is 0 Å². The van der Waals surface area contributed by atoms with E-state index in [1.807, 2.05) is 27.7 Å². The van der Waals surface area contributed by atoms with Gasteiger partial charge in [0.1, 0.15) is 11.6 Å². The van der Waals surface area contributed by atoms with Crippen LogP contribution in [0.5, 0.6) is 5.75 Å². The SMILES string of the molecule is CC(NC(=O)c1ccncc1OC(C)(C)COC(C)(C)CCN)C(=O)N1CCCC1. The fourth-order valence-electron chi connectivity index (χ4n) is 3.31. The van der Waals surface area contributed by atoms with E-state index in [1.54, 1.807) is 17.9 Å². The summed E-state index contributed by atoms with van der Waals surface area (Å²) in [6.45, 7) is 11.8. The quantitative estimate of drug-likeness (QED) is 0.600. The molecule has 1 aromatic rings. The molecule has 3 N–H and O–H groups in total. The molecule has 168 valence electrons. The first-order chi connectivity index (χ1) is 14.0. The van der Waals surface area contributed by atoms with Crippen molar-refractivity contribution in [1.29, 1.82) is 0 Å². The molecule has 0 bridgehead atoms. The van der Waals surface area contributed by atoms with Crippen molar-refractivity contribution >= 4 is 11.8 Å². The van der Waals surface area contributed by atoms with E-state index in [1.165, 1.54) is 12.4 Å². The number of rotatable bonds is 10. The zero-order chi connectivity index (χ0) is 22.4. The highest BCUT2D eigenvalue weighted by atomic mass is 16.6. The lowest BCUT2D eigenvalue weighted by Crippen LogP contribution is -2.46. The average molecular weight is 421 g/mol. The maximum atomic E-state index is 12.8. The fourth-order valence-corrected chi connectivity index (χ4v) is 3.31. The third kappa shape index (κ3) is 6.95. The van der Waals surface area contributed by atoms with E-state index < -0.39 is 11.6 Å². The van der Waals surface area contributed by atoms with E-state index in [2.05, 4.69) is 10.3 Å². The lowest BCUT2D eigenvalue weighted by molar-refractivity contribution is -0.131. The van der Waals surface area contributed by atoms with E-state index in [4.69, 9.17) is 15.2 Å². The number of pyridine rings is 1. The number of hydrogen-bond donors (Lipinski definition) is 2. The van der Waals surface area contributed by atoms with E-state index in [-0.39, 0.29) is 17.4 Å². The van der Waals surface area contributed by atoms with Gasteiger partial charge in [-0.15, -0.1) is 0 Å². The van der Waals surface area contributed by atoms with Crippen LogP contribution in [0.15, 0.2) is 18.5 Å². The van der Waals surface area contributed by atoms with E-state index >= 15 is 0 Å². The van der Waals surface area contributed by atoms with Crippen molar-refractivity contribution in [2.75, 3.05) is 26.2 Å². The maximum Gasteiger partial charge on any atom is 0.255 e. The molecule has 0 spiro atoms. The molecule has 1 atom stereocenters. The second kappa shape index (κ2) is 10.2. The Balaban J connectivity index is 2.03. The highest BCUT2D eigenvalue weighted by molar-refractivity contribution is 5.99. The standard InChI is InChI=1S/C22H36N4O4/c1-16(20(28)26-12-6-7-13-26)25-19(27)17-8-11-24-14-18(17)30-22(4,5)15-29-21(2,3)9-10-23/h8,11,14,16H,6-7,9-10,12-13,15,23H2,1-5H3,(H,25,27). The number of carbonyl (C=O) groups is 2. The Hall–Kier alpha value is -2.19. The summed E-state index contributed by atoms with van der Waals surface area (Å²) >= 11 is 0. The molecular formula is C22H36N4O4. The van der Waals surface area contributed by atoms with Gasteiger partial charge in [-0.2, -0.15) is 0 Å². The zero-order valence-corrected chi connectivity index (χ0v) is 18.9. The highest BCUT2D eigenvalue weighted by Gasteiger charge is 2.29. The molecular weight excluding hydrogens is 384 g/mol. The molecule has 1 unspecified atom stereocenters. The van der Waals surface area contributed by atoms with Crippen molar-refractivity contribution in [2.24, 2.45) is 5.73 Å². The largest absolute Gasteiger partial charge is 0.483 e. The summed E-state index contributed by atoms with van der Waals surface area (Å²) in [6, 6.07) is 0.984. The van der Waals surface area contributed by atoms with Crippen molar-refractivity contribution in [3.05, 3.63) is 24.0 Å². The van der Waals surface area contributed by atoms with Crippen LogP contribution in [0.2, 0.25) is 0 Å². The van der Waals surface area contributed by atoms with Gasteiger partial charge in [0.2, 0.25) is 5.91 Å². The lowest BCUT2D eigenvalue weighted by atomic mass is 10.0. The summed E-state index contributed by atoms with van der Waals surface area (Å²) in [5.74, 6) is -0.0816. The second-order valence-corrected chi connectivity index (χ2v) is 9.05. The molecule has 2 rings (SSSR count). The highest BCUT2D eigenvalue weighted by Crippen LogP contribution is 2.25. The van der Waals surface area contributed by atoms with Crippen LogP contribution in [0.1, 0.15) is 64.2 Å². The number of nitrogens with zero attached hydrogens (tertiary/aromatic N) is 2. The Bertz CT molecular complexity index is 730. The van der Waals surface area contributed by atoms with Crippen LogP contribution in [0.25, 0.3) is 0 Å². The van der Waals surface area contributed by atoms with Gasteiger partial charge in [0, 0.05) is 19.3 Å². The number of ether oxygens (including phenoxy) is 2. The van der Waals surface area contributed by atoms with E-state index in [0.29, 0.717) is 24.5 Å². The lowest BCUT2D eigenvalue weighted by Gasteiger charge is -2.32. The summed E-state index contributed by atoms with van der Waals surface area (Å²) in [5, 5.41) is 2.79. The number of likely N-dealkylation sites (tertiary alicyclic amines) is 1. The number of carbonyl (C=O) groups excluding carboxylic acids is 2. The number of aromatic nitrogens is 1. The van der Waals surface area contributed by atoms with Crippen LogP contribution in [0, 0.1) is 0 Å². The van der Waals surface area contributed by atoms with Crippen LogP contribution in [0.4, 0.5) is 0 Å². The molecule has 1 aliphatic rings. The van der Waals surface area contributed by atoms with Crippen molar-refractivity contribution in [3.8, 4) is 5.75 Å². The maximum absolute atomic E-state index is 12.8. The average Bonchev–Trinajstić information content (AvgIpc) is 3.21. The predicted molar refractivity (Wildman–Crippen MR) is 115 cm³/mol. The zero-order valence-electron chi connectivity index (χ0n) is 18.9. The monoisotopic (exact) mass is 420 g/mol. The van der Waals surface area contributed by atoms with Gasteiger partial charge in [0.05, 0.1) is 24.0 Å². The van der Waals surface area contributed by atoms with Gasteiger partial charge in [0.25, 0.3) is 5.91 Å². The normalized spacial score (nSPS) is 15.7. The van der Waals surface area contributed by atoms with Crippen LogP contribution < -0.4 is 15.8 Å². The molecule has 1 aliphatic heterocycles. The van der Waals surface area contributed by atoms with Gasteiger partial charge in [-0.05, 0) is 66.5 Å². The first-order valence-corrected chi connectivity index (χ1v) is 10.6. The topological polar surface area (TPSA) is 107 Å². The van der Waals surface area contributed by atoms with Gasteiger partial charge in [0.15, 0.2) is 5.75 Å². The van der Waals surface area contributed by atoms with E-state index in [9.17, 15) is 9.59 Å². The molecule has 8 heteroatoms. The number of amides is 2. The first-order valence-electron chi connectivity index (χ1n) is 10.6. The second-order valence-electron chi connectivity index (χ2n) is 9.05. The molecule has 0 saturated carbocycles. The molecule has 0 radical (unpaired) electrons. The summed E-state index contributed by atoms with van der Waals surface area (Å²) in [4.78, 5) is 31.2. The van der Waals surface area contributed by atoms with E-state index in [0.717, 1.165) is 32.4 Å². The van der Waals surface area contributed by atoms with Crippen molar-refractivity contribution < 1.29 is 19.1 Å². The predicted octanol–water partition coefficient (Wildman–Crippen LogP) is 2.12. The molecule has 1 fully saturated rings. The third-order valence-electron chi connectivity index (χ3n) is 5.11. The minimum Gasteiger partial charge on any atom is -0.483 e. The molecule has 2 amide bonds. The summed E-state index contributed by atoms with van der Waals surface area (Å²) < 4.78 is 12.1. The Morgan fingerprint density at radius 3 is 2.53 bits per heavy atom. The molecule has 0 aromatic carbocycles. The Morgan fingerprint density at radius 1 is 1.23 bits per heavy atom.